The second-order valence-corrected chi connectivity index (χ2v) is 6.90. The standard InChI is InChI=1S/C17H20NO/c19-12-18(16-4-2-1-3-5-16)17-9-13-6-14(10-17)8-15(7-13)11-17/h1-5,13-15H,6-11H2. The third kappa shape index (κ3) is 1.73. The van der Waals surface area contributed by atoms with Gasteiger partial charge in [0.25, 0.3) is 0 Å². The zero-order valence-corrected chi connectivity index (χ0v) is 11.2. The molecule has 4 aliphatic rings. The number of para-hydroxylation sites is 1. The quantitative estimate of drug-likeness (QED) is 0.756. The van der Waals surface area contributed by atoms with Gasteiger partial charge in [0.1, 0.15) is 0 Å². The van der Waals surface area contributed by atoms with Crippen LogP contribution in [0.2, 0.25) is 0 Å². The molecule has 4 bridgehead atoms. The first-order chi connectivity index (χ1) is 9.29. The summed E-state index contributed by atoms with van der Waals surface area (Å²) in [6.45, 7) is 0. The number of anilines is 1. The third-order valence-electron chi connectivity index (χ3n) is 5.59. The second-order valence-electron chi connectivity index (χ2n) is 6.90. The van der Waals surface area contributed by atoms with E-state index >= 15 is 0 Å². The number of amides is 1. The van der Waals surface area contributed by atoms with Crippen LogP contribution >= 0.6 is 0 Å². The van der Waals surface area contributed by atoms with Crippen LogP contribution in [0.4, 0.5) is 5.69 Å². The van der Waals surface area contributed by atoms with E-state index in [1.807, 2.05) is 35.2 Å². The van der Waals surface area contributed by atoms with E-state index in [1.54, 1.807) is 0 Å². The third-order valence-corrected chi connectivity index (χ3v) is 5.59. The molecule has 1 aromatic carbocycles. The second kappa shape index (κ2) is 4.09. The van der Waals surface area contributed by atoms with Crippen LogP contribution in [0, 0.1) is 17.8 Å². The molecule has 4 saturated carbocycles. The Hall–Kier alpha value is -1.31. The van der Waals surface area contributed by atoms with Gasteiger partial charge in [-0.2, -0.15) is 0 Å². The molecule has 0 spiro atoms. The highest BCUT2D eigenvalue weighted by Gasteiger charge is 2.54. The molecule has 4 fully saturated rings. The molecule has 0 atom stereocenters. The molecule has 5 rings (SSSR count). The predicted octanol–water partition coefficient (Wildman–Crippen LogP) is 3.53. The van der Waals surface area contributed by atoms with Crippen molar-refractivity contribution in [2.45, 2.75) is 44.1 Å². The fourth-order valence-electron chi connectivity index (χ4n) is 5.34. The van der Waals surface area contributed by atoms with Crippen molar-refractivity contribution in [2.24, 2.45) is 17.8 Å². The summed E-state index contributed by atoms with van der Waals surface area (Å²) in [5, 5.41) is 0. The van der Waals surface area contributed by atoms with Crippen LogP contribution in [0.25, 0.3) is 0 Å². The number of hydrogen-bond acceptors (Lipinski definition) is 1. The van der Waals surface area contributed by atoms with Crippen molar-refractivity contribution in [1.29, 1.82) is 0 Å². The lowest BCUT2D eigenvalue weighted by molar-refractivity contribution is 0.00167. The molecule has 0 aliphatic heterocycles. The number of carbonyl (C=O) groups excluding carboxylic acids is 1. The molecule has 4 aliphatic carbocycles. The van der Waals surface area contributed by atoms with Gasteiger partial charge in [0.2, 0.25) is 0 Å². The molecule has 0 N–H and O–H groups in total. The summed E-state index contributed by atoms with van der Waals surface area (Å²) in [4.78, 5) is 13.6. The van der Waals surface area contributed by atoms with Crippen molar-refractivity contribution in [3.05, 3.63) is 30.3 Å². The molecule has 0 unspecified atom stereocenters. The first kappa shape index (κ1) is 11.5. The van der Waals surface area contributed by atoms with Gasteiger partial charge >= 0.3 is 6.41 Å². The average molecular weight is 254 g/mol. The minimum Gasteiger partial charge on any atom is -0.298 e. The maximum absolute atomic E-state index is 11.6. The van der Waals surface area contributed by atoms with Crippen molar-refractivity contribution < 1.29 is 4.79 Å². The van der Waals surface area contributed by atoms with Gasteiger partial charge in [0.05, 0.1) is 0 Å². The van der Waals surface area contributed by atoms with Gasteiger partial charge in [-0.1, -0.05) is 18.2 Å². The molecule has 1 aromatic rings. The molecule has 0 heterocycles. The zero-order chi connectivity index (χ0) is 12.9. The van der Waals surface area contributed by atoms with E-state index in [0.717, 1.165) is 23.4 Å². The van der Waals surface area contributed by atoms with Crippen LogP contribution in [0.1, 0.15) is 38.5 Å². The van der Waals surface area contributed by atoms with Gasteiger partial charge in [0.15, 0.2) is 0 Å². The summed E-state index contributed by atoms with van der Waals surface area (Å²) in [5.41, 5.74) is 1.11. The van der Waals surface area contributed by atoms with Crippen LogP contribution in [-0.4, -0.2) is 11.9 Å². The van der Waals surface area contributed by atoms with E-state index in [1.165, 1.54) is 38.5 Å². The van der Waals surface area contributed by atoms with Crippen LogP contribution in [-0.2, 0) is 4.79 Å². The molecule has 19 heavy (non-hydrogen) atoms. The van der Waals surface area contributed by atoms with Gasteiger partial charge in [0, 0.05) is 11.2 Å². The highest BCUT2D eigenvalue weighted by Crippen LogP contribution is 2.58. The number of nitrogens with zero attached hydrogens (tertiary/aromatic N) is 1. The number of hydrogen-bond donors (Lipinski definition) is 0. The Morgan fingerprint density at radius 2 is 1.47 bits per heavy atom. The molecule has 2 nitrogen and oxygen atoms in total. The van der Waals surface area contributed by atoms with Crippen molar-refractivity contribution in [3.63, 3.8) is 0 Å². The first-order valence-corrected chi connectivity index (χ1v) is 7.52. The fraction of sp³-hybridized carbons (Fsp3) is 0.588. The van der Waals surface area contributed by atoms with E-state index in [9.17, 15) is 4.79 Å². The maximum Gasteiger partial charge on any atom is 0.317 e. The fourth-order valence-corrected chi connectivity index (χ4v) is 5.34. The topological polar surface area (TPSA) is 20.3 Å². The van der Waals surface area contributed by atoms with Gasteiger partial charge < -0.3 is 0 Å². The zero-order valence-electron chi connectivity index (χ0n) is 11.2. The molecule has 1 amide bonds. The Morgan fingerprint density at radius 1 is 0.947 bits per heavy atom. The smallest absolute Gasteiger partial charge is 0.298 e. The first-order valence-electron chi connectivity index (χ1n) is 7.52. The van der Waals surface area contributed by atoms with Gasteiger partial charge in [-0.3, -0.25) is 9.69 Å². The highest BCUT2D eigenvalue weighted by atomic mass is 16.1. The number of benzene rings is 1. The molecule has 2 heteroatoms. The average Bonchev–Trinajstić information content (AvgIpc) is 2.38. The van der Waals surface area contributed by atoms with E-state index < -0.39 is 0 Å². The van der Waals surface area contributed by atoms with Crippen LogP contribution in [0.15, 0.2) is 30.3 Å². The van der Waals surface area contributed by atoms with Crippen molar-refractivity contribution in [3.8, 4) is 0 Å². The summed E-state index contributed by atoms with van der Waals surface area (Å²) < 4.78 is 0. The molecular formula is C17H20NO. The van der Waals surface area contributed by atoms with E-state index in [4.69, 9.17) is 0 Å². The monoisotopic (exact) mass is 254 g/mol. The SMILES string of the molecule is O=[C]N(c1ccccc1)C12CC3CC(CC(C3)C1)C2. The normalized spacial score (nSPS) is 39.3. The summed E-state index contributed by atoms with van der Waals surface area (Å²) in [5.74, 6) is 2.56. The minimum absolute atomic E-state index is 0.0812. The highest BCUT2D eigenvalue weighted by molar-refractivity contribution is 5.78. The lowest BCUT2D eigenvalue weighted by Gasteiger charge is -2.59. The maximum atomic E-state index is 11.6. The van der Waals surface area contributed by atoms with Crippen molar-refractivity contribution in [1.82, 2.24) is 0 Å². The predicted molar refractivity (Wildman–Crippen MR) is 75.5 cm³/mol. The molecule has 0 aromatic heterocycles. The van der Waals surface area contributed by atoms with E-state index in [0.29, 0.717) is 0 Å². The van der Waals surface area contributed by atoms with Crippen molar-refractivity contribution >= 4 is 12.1 Å². The Kier molecular flexibility index (Phi) is 2.48. The van der Waals surface area contributed by atoms with Gasteiger partial charge in [-0.05, 0) is 68.4 Å². The van der Waals surface area contributed by atoms with Gasteiger partial charge in [-0.25, -0.2) is 0 Å². The lowest BCUT2D eigenvalue weighted by atomic mass is 9.52. The van der Waals surface area contributed by atoms with Crippen molar-refractivity contribution in [2.75, 3.05) is 4.90 Å². The Labute approximate surface area is 114 Å². The van der Waals surface area contributed by atoms with Gasteiger partial charge in [-0.15, -0.1) is 0 Å². The Balaban J connectivity index is 1.72. The van der Waals surface area contributed by atoms with Crippen LogP contribution in [0.3, 0.4) is 0 Å². The summed E-state index contributed by atoms with van der Waals surface area (Å²) in [7, 11) is 0. The minimum atomic E-state index is 0.0812. The summed E-state index contributed by atoms with van der Waals surface area (Å²) >= 11 is 0. The Morgan fingerprint density at radius 3 is 1.95 bits per heavy atom. The van der Waals surface area contributed by atoms with Crippen LogP contribution in [0.5, 0.6) is 0 Å². The van der Waals surface area contributed by atoms with Crippen LogP contribution < -0.4 is 4.90 Å². The lowest BCUT2D eigenvalue weighted by Crippen LogP contribution is -2.60. The molecule has 0 saturated heterocycles. The molecular weight excluding hydrogens is 234 g/mol. The largest absolute Gasteiger partial charge is 0.317 e. The van der Waals surface area contributed by atoms with E-state index in [2.05, 4.69) is 6.41 Å². The number of rotatable bonds is 3. The summed E-state index contributed by atoms with van der Waals surface area (Å²) in [6.07, 6.45) is 10.1. The van der Waals surface area contributed by atoms with E-state index in [-0.39, 0.29) is 5.54 Å². The molecule has 99 valence electrons. The molecule has 1 radical (unpaired) electrons. The Bertz CT molecular complexity index is 446. The summed E-state index contributed by atoms with van der Waals surface area (Å²) in [6, 6.07) is 10.1.